The molecule has 0 nitrogen and oxygen atoms in total. The minimum atomic E-state index is 0.720. The molecule has 0 heterocycles. The Morgan fingerprint density at radius 3 is 2.07 bits per heavy atom. The Hall–Kier alpha value is -0.260. The average Bonchev–Trinajstić information content (AvgIpc) is 2.21. The molecule has 0 aromatic rings. The summed E-state index contributed by atoms with van der Waals surface area (Å²) in [5.41, 5.74) is 0. The fourth-order valence-corrected chi connectivity index (χ4v) is 2.06. The van der Waals surface area contributed by atoms with Crippen molar-refractivity contribution in [3.8, 4) is 0 Å². The summed E-state index contributed by atoms with van der Waals surface area (Å²) in [6, 6.07) is 0. The first-order chi connectivity index (χ1) is 7.01. The van der Waals surface area contributed by atoms with Gasteiger partial charge >= 0.3 is 0 Å². The van der Waals surface area contributed by atoms with Gasteiger partial charge in [0.1, 0.15) is 0 Å². The van der Waals surface area contributed by atoms with Gasteiger partial charge in [0.15, 0.2) is 0 Å². The molecule has 0 heteroatoms. The second kappa shape index (κ2) is 7.96. The summed E-state index contributed by atoms with van der Waals surface area (Å²) in [5, 5.41) is 0. The van der Waals surface area contributed by atoms with E-state index in [0.717, 1.165) is 23.7 Å². The van der Waals surface area contributed by atoms with Gasteiger partial charge in [-0.1, -0.05) is 60.0 Å². The Morgan fingerprint density at radius 2 is 1.67 bits per heavy atom. The van der Waals surface area contributed by atoms with Crippen LogP contribution in [0.2, 0.25) is 0 Å². The molecule has 0 saturated heterocycles. The number of allylic oxidation sites excluding steroid dienone is 1. The van der Waals surface area contributed by atoms with Crippen molar-refractivity contribution < 1.29 is 0 Å². The number of hydrogen-bond acceptors (Lipinski definition) is 0. The maximum absolute atomic E-state index is 3.98. The Bertz CT molecular complexity index is 157. The average molecular weight is 210 g/mol. The predicted octanol–water partition coefficient (Wildman–Crippen LogP) is 5.30. The summed E-state index contributed by atoms with van der Waals surface area (Å²) in [7, 11) is 0. The van der Waals surface area contributed by atoms with Gasteiger partial charge in [-0.3, -0.25) is 0 Å². The Morgan fingerprint density at radius 1 is 1.07 bits per heavy atom. The van der Waals surface area contributed by atoms with Crippen LogP contribution < -0.4 is 0 Å². The van der Waals surface area contributed by atoms with E-state index in [1.807, 2.05) is 0 Å². The molecular formula is C15H30. The topological polar surface area (TPSA) is 0 Å². The third-order valence-corrected chi connectivity index (χ3v) is 3.59. The molecule has 0 amide bonds. The SMILES string of the molecule is C=CC(CC(C)CCC(C)C)C(C)CC. The molecule has 0 rings (SSSR count). The molecule has 3 unspecified atom stereocenters. The predicted molar refractivity (Wildman–Crippen MR) is 71.0 cm³/mol. The lowest BCUT2D eigenvalue weighted by Crippen LogP contribution is -2.12. The zero-order chi connectivity index (χ0) is 11.8. The highest BCUT2D eigenvalue weighted by atomic mass is 14.2. The van der Waals surface area contributed by atoms with Crippen LogP contribution in [0.4, 0.5) is 0 Å². The first-order valence-electron chi connectivity index (χ1n) is 6.63. The van der Waals surface area contributed by atoms with Crippen LogP contribution in [0.5, 0.6) is 0 Å². The third-order valence-electron chi connectivity index (χ3n) is 3.59. The van der Waals surface area contributed by atoms with Crippen molar-refractivity contribution in [1.82, 2.24) is 0 Å². The molecule has 90 valence electrons. The second-order valence-corrected chi connectivity index (χ2v) is 5.60. The van der Waals surface area contributed by atoms with Crippen LogP contribution in [0, 0.1) is 23.7 Å². The van der Waals surface area contributed by atoms with Crippen LogP contribution in [0.25, 0.3) is 0 Å². The third kappa shape index (κ3) is 6.76. The van der Waals surface area contributed by atoms with Gasteiger partial charge in [0.2, 0.25) is 0 Å². The van der Waals surface area contributed by atoms with E-state index in [0.29, 0.717) is 0 Å². The van der Waals surface area contributed by atoms with Gasteiger partial charge in [0, 0.05) is 0 Å². The van der Waals surface area contributed by atoms with Gasteiger partial charge in [-0.25, -0.2) is 0 Å². The van der Waals surface area contributed by atoms with E-state index in [9.17, 15) is 0 Å². The molecule has 0 saturated carbocycles. The summed E-state index contributed by atoms with van der Waals surface area (Å²) in [6.07, 6.45) is 7.50. The van der Waals surface area contributed by atoms with E-state index in [2.05, 4.69) is 47.3 Å². The summed E-state index contributed by atoms with van der Waals surface area (Å²) in [6.45, 7) is 15.6. The van der Waals surface area contributed by atoms with Gasteiger partial charge in [-0.2, -0.15) is 0 Å². The van der Waals surface area contributed by atoms with Crippen LogP contribution in [0.1, 0.15) is 60.3 Å². The Balaban J connectivity index is 3.90. The zero-order valence-corrected chi connectivity index (χ0v) is 11.4. The van der Waals surface area contributed by atoms with Crippen molar-refractivity contribution in [1.29, 1.82) is 0 Å². The largest absolute Gasteiger partial charge is 0.103 e. The van der Waals surface area contributed by atoms with Crippen molar-refractivity contribution in [2.24, 2.45) is 23.7 Å². The molecule has 15 heavy (non-hydrogen) atoms. The fraction of sp³-hybridized carbons (Fsp3) is 0.867. The smallest absolute Gasteiger partial charge is 0.0208 e. The zero-order valence-electron chi connectivity index (χ0n) is 11.4. The van der Waals surface area contributed by atoms with Crippen molar-refractivity contribution in [3.05, 3.63) is 12.7 Å². The lowest BCUT2D eigenvalue weighted by Gasteiger charge is -2.23. The van der Waals surface area contributed by atoms with E-state index < -0.39 is 0 Å². The minimum Gasteiger partial charge on any atom is -0.103 e. The van der Waals surface area contributed by atoms with Crippen LogP contribution >= 0.6 is 0 Å². The molecule has 0 aliphatic carbocycles. The molecule has 0 bridgehead atoms. The number of hydrogen-bond donors (Lipinski definition) is 0. The standard InChI is InChI=1S/C15H30/c1-7-14(6)15(8-2)11-13(5)10-9-12(3)4/h8,12-15H,2,7,9-11H2,1,3-6H3. The molecule has 3 atom stereocenters. The van der Waals surface area contributed by atoms with Gasteiger partial charge in [-0.05, 0) is 30.1 Å². The maximum atomic E-state index is 3.98. The highest BCUT2D eigenvalue weighted by molar-refractivity contribution is 4.83. The Labute approximate surface area is 97.2 Å². The second-order valence-electron chi connectivity index (χ2n) is 5.60. The molecule has 0 aliphatic rings. The first kappa shape index (κ1) is 14.7. The van der Waals surface area contributed by atoms with E-state index in [4.69, 9.17) is 0 Å². The van der Waals surface area contributed by atoms with E-state index in [-0.39, 0.29) is 0 Å². The van der Waals surface area contributed by atoms with E-state index in [1.54, 1.807) is 0 Å². The fourth-order valence-electron chi connectivity index (χ4n) is 2.06. The van der Waals surface area contributed by atoms with Crippen LogP contribution in [0.3, 0.4) is 0 Å². The van der Waals surface area contributed by atoms with Crippen molar-refractivity contribution >= 4 is 0 Å². The van der Waals surface area contributed by atoms with Crippen molar-refractivity contribution in [2.75, 3.05) is 0 Å². The molecule has 0 aromatic carbocycles. The Kier molecular flexibility index (Phi) is 7.82. The molecule has 0 N–H and O–H groups in total. The van der Waals surface area contributed by atoms with Crippen LogP contribution in [-0.2, 0) is 0 Å². The highest BCUT2D eigenvalue weighted by Crippen LogP contribution is 2.26. The molecular weight excluding hydrogens is 180 g/mol. The lowest BCUT2D eigenvalue weighted by atomic mass is 9.82. The van der Waals surface area contributed by atoms with Crippen molar-refractivity contribution in [2.45, 2.75) is 60.3 Å². The van der Waals surface area contributed by atoms with Crippen molar-refractivity contribution in [3.63, 3.8) is 0 Å². The van der Waals surface area contributed by atoms with Crippen LogP contribution in [0.15, 0.2) is 12.7 Å². The quantitative estimate of drug-likeness (QED) is 0.477. The molecule has 0 radical (unpaired) electrons. The van der Waals surface area contributed by atoms with Gasteiger partial charge in [0.05, 0.1) is 0 Å². The molecule has 0 aromatic heterocycles. The monoisotopic (exact) mass is 210 g/mol. The van der Waals surface area contributed by atoms with E-state index >= 15 is 0 Å². The molecule has 0 aliphatic heterocycles. The minimum absolute atomic E-state index is 0.720. The van der Waals surface area contributed by atoms with E-state index in [1.165, 1.54) is 25.7 Å². The summed E-state index contributed by atoms with van der Waals surface area (Å²) in [5.74, 6) is 3.21. The normalized spacial score (nSPS) is 17.5. The van der Waals surface area contributed by atoms with Gasteiger partial charge in [-0.15, -0.1) is 6.58 Å². The lowest BCUT2D eigenvalue weighted by molar-refractivity contribution is 0.317. The first-order valence-corrected chi connectivity index (χ1v) is 6.63. The summed E-state index contributed by atoms with van der Waals surface area (Å²) in [4.78, 5) is 0. The highest BCUT2D eigenvalue weighted by Gasteiger charge is 2.15. The van der Waals surface area contributed by atoms with Crippen LogP contribution in [-0.4, -0.2) is 0 Å². The molecule has 0 spiro atoms. The summed E-state index contributed by atoms with van der Waals surface area (Å²) >= 11 is 0. The summed E-state index contributed by atoms with van der Waals surface area (Å²) < 4.78 is 0. The van der Waals surface area contributed by atoms with Gasteiger partial charge in [0.25, 0.3) is 0 Å². The van der Waals surface area contributed by atoms with Gasteiger partial charge < -0.3 is 0 Å². The number of rotatable bonds is 8. The molecule has 0 fully saturated rings. The maximum Gasteiger partial charge on any atom is -0.0208 e.